The number of carbonyl (C=O) groups is 1. The molecule has 3 nitrogen and oxygen atoms in total. The van der Waals surface area contributed by atoms with E-state index in [1.54, 1.807) is 0 Å². The lowest BCUT2D eigenvalue weighted by Gasteiger charge is -2.14. The van der Waals surface area contributed by atoms with Gasteiger partial charge in [0, 0.05) is 11.3 Å². The molecule has 4 heteroatoms. The van der Waals surface area contributed by atoms with Gasteiger partial charge in [-0.1, -0.05) is 6.42 Å². The predicted molar refractivity (Wildman–Crippen MR) is 61.1 cm³/mol. The van der Waals surface area contributed by atoms with E-state index in [4.69, 9.17) is 5.73 Å². The SMILES string of the molecule is Cc1nc(C(=O)[C@@H]2CCC[C@@H]2CN)cs1. The number of hydrogen-bond donors (Lipinski definition) is 1. The molecule has 2 N–H and O–H groups in total. The highest BCUT2D eigenvalue weighted by molar-refractivity contribution is 7.09. The van der Waals surface area contributed by atoms with Crippen molar-refractivity contribution in [1.82, 2.24) is 4.98 Å². The van der Waals surface area contributed by atoms with Gasteiger partial charge in [-0.05, 0) is 32.2 Å². The van der Waals surface area contributed by atoms with Gasteiger partial charge in [0.05, 0.1) is 5.01 Å². The van der Waals surface area contributed by atoms with Gasteiger partial charge in [0.15, 0.2) is 5.78 Å². The lowest BCUT2D eigenvalue weighted by atomic mass is 9.91. The molecule has 82 valence electrons. The Hall–Kier alpha value is -0.740. The third-order valence-corrected chi connectivity index (χ3v) is 3.94. The standard InChI is InChI=1S/C11H16N2OS/c1-7-13-10(6-15-7)11(14)9-4-2-3-8(9)5-12/h6,8-9H,2-5,12H2,1H3/t8-,9-/m1/s1. The molecular weight excluding hydrogens is 208 g/mol. The number of thiazole rings is 1. The molecule has 0 aliphatic heterocycles. The molecule has 1 fully saturated rings. The summed E-state index contributed by atoms with van der Waals surface area (Å²) in [6.07, 6.45) is 3.20. The maximum Gasteiger partial charge on any atom is 0.185 e. The van der Waals surface area contributed by atoms with Crippen molar-refractivity contribution in [2.75, 3.05) is 6.54 Å². The van der Waals surface area contributed by atoms with Gasteiger partial charge in [-0.25, -0.2) is 4.98 Å². The van der Waals surface area contributed by atoms with E-state index in [1.165, 1.54) is 11.3 Å². The Labute approximate surface area is 93.7 Å². The van der Waals surface area contributed by atoms with Gasteiger partial charge in [0.2, 0.25) is 0 Å². The predicted octanol–water partition coefficient (Wildman–Crippen LogP) is 2.01. The van der Waals surface area contributed by atoms with Gasteiger partial charge < -0.3 is 5.73 Å². The maximum atomic E-state index is 12.1. The molecular formula is C11H16N2OS. The first-order chi connectivity index (χ1) is 7.22. The molecule has 0 bridgehead atoms. The van der Waals surface area contributed by atoms with Crippen molar-refractivity contribution in [3.05, 3.63) is 16.1 Å². The monoisotopic (exact) mass is 224 g/mol. The van der Waals surface area contributed by atoms with Crippen LogP contribution in [0.2, 0.25) is 0 Å². The molecule has 2 rings (SSSR count). The van der Waals surface area contributed by atoms with Gasteiger partial charge in [0.25, 0.3) is 0 Å². The number of carbonyl (C=O) groups excluding carboxylic acids is 1. The minimum Gasteiger partial charge on any atom is -0.330 e. The van der Waals surface area contributed by atoms with Crippen molar-refractivity contribution >= 4 is 17.1 Å². The number of aromatic nitrogens is 1. The smallest absolute Gasteiger partial charge is 0.185 e. The molecule has 1 saturated carbocycles. The zero-order valence-corrected chi connectivity index (χ0v) is 9.72. The summed E-state index contributed by atoms with van der Waals surface area (Å²) in [6.45, 7) is 2.55. The second-order valence-electron chi connectivity index (χ2n) is 4.15. The fourth-order valence-electron chi connectivity index (χ4n) is 2.33. The van der Waals surface area contributed by atoms with E-state index < -0.39 is 0 Å². The Bertz CT molecular complexity index is 361. The third kappa shape index (κ3) is 2.11. The molecule has 0 radical (unpaired) electrons. The average molecular weight is 224 g/mol. The Balaban J connectivity index is 2.13. The van der Waals surface area contributed by atoms with Crippen LogP contribution >= 0.6 is 11.3 Å². The van der Waals surface area contributed by atoms with Gasteiger partial charge in [-0.3, -0.25) is 4.79 Å². The first-order valence-corrected chi connectivity index (χ1v) is 6.26. The second kappa shape index (κ2) is 4.41. The van der Waals surface area contributed by atoms with Crippen LogP contribution in [0.15, 0.2) is 5.38 Å². The summed E-state index contributed by atoms with van der Waals surface area (Å²) < 4.78 is 0. The van der Waals surface area contributed by atoms with Crippen LogP contribution in [0.1, 0.15) is 34.8 Å². The number of hydrogen-bond acceptors (Lipinski definition) is 4. The van der Waals surface area contributed by atoms with Crippen LogP contribution < -0.4 is 5.73 Å². The topological polar surface area (TPSA) is 56.0 Å². The molecule has 1 aliphatic carbocycles. The normalized spacial score (nSPS) is 25.7. The maximum absolute atomic E-state index is 12.1. The van der Waals surface area contributed by atoms with Gasteiger partial charge in [-0.2, -0.15) is 0 Å². The van der Waals surface area contributed by atoms with Crippen molar-refractivity contribution in [3.63, 3.8) is 0 Å². The van der Waals surface area contributed by atoms with E-state index in [-0.39, 0.29) is 11.7 Å². The quantitative estimate of drug-likeness (QED) is 0.799. The molecule has 1 aliphatic rings. The number of aryl methyl sites for hydroxylation is 1. The molecule has 1 aromatic rings. The fraction of sp³-hybridized carbons (Fsp3) is 0.636. The molecule has 1 heterocycles. The van der Waals surface area contributed by atoms with Crippen molar-refractivity contribution < 1.29 is 4.79 Å². The van der Waals surface area contributed by atoms with Crippen LogP contribution in [0.4, 0.5) is 0 Å². The van der Waals surface area contributed by atoms with Crippen molar-refractivity contribution in [2.24, 2.45) is 17.6 Å². The molecule has 2 atom stereocenters. The number of nitrogens with zero attached hydrogens (tertiary/aromatic N) is 1. The van der Waals surface area contributed by atoms with E-state index in [9.17, 15) is 4.79 Å². The van der Waals surface area contributed by atoms with Crippen molar-refractivity contribution in [3.8, 4) is 0 Å². The number of Topliss-reactive ketones (excluding diaryl/α,β-unsaturated/α-hetero) is 1. The highest BCUT2D eigenvalue weighted by Gasteiger charge is 2.33. The minimum atomic E-state index is 0.122. The summed E-state index contributed by atoms with van der Waals surface area (Å²) in [5.41, 5.74) is 6.32. The lowest BCUT2D eigenvalue weighted by molar-refractivity contribution is 0.0889. The summed E-state index contributed by atoms with van der Waals surface area (Å²) in [5.74, 6) is 0.698. The summed E-state index contributed by atoms with van der Waals surface area (Å²) in [4.78, 5) is 16.4. The number of nitrogens with two attached hydrogens (primary N) is 1. The Kier molecular flexibility index (Phi) is 3.17. The molecule has 0 spiro atoms. The van der Waals surface area contributed by atoms with Crippen LogP contribution in [0.3, 0.4) is 0 Å². The van der Waals surface area contributed by atoms with E-state index >= 15 is 0 Å². The summed E-state index contributed by atoms with van der Waals surface area (Å²) in [7, 11) is 0. The largest absolute Gasteiger partial charge is 0.330 e. The minimum absolute atomic E-state index is 0.122. The van der Waals surface area contributed by atoms with E-state index in [2.05, 4.69) is 4.98 Å². The second-order valence-corrected chi connectivity index (χ2v) is 5.21. The number of ketones is 1. The van der Waals surface area contributed by atoms with Crippen LogP contribution in [-0.4, -0.2) is 17.3 Å². The van der Waals surface area contributed by atoms with Gasteiger partial charge in [0.1, 0.15) is 5.69 Å². The van der Waals surface area contributed by atoms with Gasteiger partial charge in [-0.15, -0.1) is 11.3 Å². The van der Waals surface area contributed by atoms with Crippen LogP contribution in [0.25, 0.3) is 0 Å². The van der Waals surface area contributed by atoms with Crippen molar-refractivity contribution in [2.45, 2.75) is 26.2 Å². The summed E-state index contributed by atoms with van der Waals surface area (Å²) >= 11 is 1.54. The first-order valence-electron chi connectivity index (χ1n) is 5.38. The molecule has 1 aromatic heterocycles. The molecule has 0 unspecified atom stereocenters. The zero-order chi connectivity index (χ0) is 10.8. The summed E-state index contributed by atoms with van der Waals surface area (Å²) in [5, 5.41) is 2.82. The van der Waals surface area contributed by atoms with Crippen LogP contribution in [0.5, 0.6) is 0 Å². The number of rotatable bonds is 3. The average Bonchev–Trinajstić information content (AvgIpc) is 2.84. The fourth-order valence-corrected chi connectivity index (χ4v) is 2.93. The van der Waals surface area contributed by atoms with Gasteiger partial charge >= 0.3 is 0 Å². The third-order valence-electron chi connectivity index (χ3n) is 3.17. The Morgan fingerprint density at radius 3 is 3.07 bits per heavy atom. The van der Waals surface area contributed by atoms with Crippen molar-refractivity contribution in [1.29, 1.82) is 0 Å². The van der Waals surface area contributed by atoms with E-state index in [0.29, 0.717) is 18.2 Å². The highest BCUT2D eigenvalue weighted by Crippen LogP contribution is 2.33. The zero-order valence-electron chi connectivity index (χ0n) is 8.90. The molecule has 15 heavy (non-hydrogen) atoms. The van der Waals surface area contributed by atoms with E-state index in [0.717, 1.165) is 24.3 Å². The first kappa shape index (κ1) is 10.8. The Morgan fingerprint density at radius 2 is 2.47 bits per heavy atom. The molecule has 0 amide bonds. The van der Waals surface area contributed by atoms with E-state index in [1.807, 2.05) is 12.3 Å². The lowest BCUT2D eigenvalue weighted by Crippen LogP contribution is -2.25. The molecule has 0 aromatic carbocycles. The van der Waals surface area contributed by atoms with Crippen LogP contribution in [0, 0.1) is 18.8 Å². The highest BCUT2D eigenvalue weighted by atomic mass is 32.1. The summed E-state index contributed by atoms with van der Waals surface area (Å²) in [6, 6.07) is 0. The van der Waals surface area contributed by atoms with Crippen LogP contribution in [-0.2, 0) is 0 Å². The molecule has 0 saturated heterocycles. The Morgan fingerprint density at radius 1 is 1.67 bits per heavy atom.